The van der Waals surface area contributed by atoms with Gasteiger partial charge < -0.3 is 10.1 Å². The Balaban J connectivity index is 0.00000128. The highest BCUT2D eigenvalue weighted by Gasteiger charge is 2.23. The van der Waals surface area contributed by atoms with E-state index >= 15 is 0 Å². The molecular formula is C10H10Cl3NO2. The molecule has 1 aliphatic heterocycles. The fraction of sp³-hybridized carbons (Fsp3) is 0.300. The molecule has 88 valence electrons. The molecule has 1 fully saturated rings. The van der Waals surface area contributed by atoms with E-state index in [2.05, 4.69) is 5.32 Å². The van der Waals surface area contributed by atoms with Gasteiger partial charge in [-0.25, -0.2) is 4.79 Å². The van der Waals surface area contributed by atoms with Crippen LogP contribution in [0, 0.1) is 0 Å². The lowest BCUT2D eigenvalue weighted by Crippen LogP contribution is -2.35. The van der Waals surface area contributed by atoms with Gasteiger partial charge in [-0.15, -0.1) is 12.4 Å². The van der Waals surface area contributed by atoms with Gasteiger partial charge in [0.05, 0.1) is 22.7 Å². The predicted molar refractivity (Wildman–Crippen MR) is 65.6 cm³/mol. The van der Waals surface area contributed by atoms with Gasteiger partial charge in [0.1, 0.15) is 0 Å². The van der Waals surface area contributed by atoms with E-state index in [0.717, 1.165) is 5.56 Å². The third-order valence-electron chi connectivity index (χ3n) is 2.29. The van der Waals surface area contributed by atoms with E-state index in [1.54, 1.807) is 6.07 Å². The van der Waals surface area contributed by atoms with Gasteiger partial charge in [-0.05, 0) is 11.6 Å². The van der Waals surface area contributed by atoms with Crippen molar-refractivity contribution in [3.63, 3.8) is 0 Å². The molecule has 1 aromatic rings. The Morgan fingerprint density at radius 2 is 2.12 bits per heavy atom. The van der Waals surface area contributed by atoms with Gasteiger partial charge in [0.15, 0.2) is 0 Å². The van der Waals surface area contributed by atoms with Gasteiger partial charge in [-0.3, -0.25) is 0 Å². The summed E-state index contributed by atoms with van der Waals surface area (Å²) >= 11 is 11.9. The van der Waals surface area contributed by atoms with Crippen LogP contribution in [0.2, 0.25) is 10.0 Å². The monoisotopic (exact) mass is 281 g/mol. The first-order chi connectivity index (χ1) is 7.18. The number of carbonyl (C=O) groups excluding carboxylic acids is 1. The molecule has 1 aliphatic rings. The third kappa shape index (κ3) is 2.73. The first kappa shape index (κ1) is 13.4. The van der Waals surface area contributed by atoms with E-state index in [1.165, 1.54) is 0 Å². The van der Waals surface area contributed by atoms with Crippen molar-refractivity contribution < 1.29 is 9.53 Å². The molecule has 0 aliphatic carbocycles. The number of hydrogen-bond donors (Lipinski definition) is 1. The number of alkyl carbamates (subject to hydrolysis) is 1. The van der Waals surface area contributed by atoms with Crippen LogP contribution in [0.25, 0.3) is 0 Å². The standard InChI is InChI=1S/C10H9Cl2NO2.ClH/c11-7-3-1-2-6(9(7)12)8-4-5-15-10(14)13-8;/h1-3,8H,4-5H2,(H,13,14);1H/t8-;/m1./s1. The van der Waals surface area contributed by atoms with Gasteiger partial charge in [0.2, 0.25) is 0 Å². The van der Waals surface area contributed by atoms with Crippen LogP contribution >= 0.6 is 35.6 Å². The van der Waals surface area contributed by atoms with Crippen molar-refractivity contribution in [2.45, 2.75) is 12.5 Å². The number of cyclic esters (lactones) is 1. The summed E-state index contributed by atoms with van der Waals surface area (Å²) in [6.07, 6.45) is 0.286. The highest BCUT2D eigenvalue weighted by molar-refractivity contribution is 6.42. The van der Waals surface area contributed by atoms with Crippen molar-refractivity contribution in [3.8, 4) is 0 Å². The maximum Gasteiger partial charge on any atom is 0.407 e. The molecule has 0 unspecified atom stereocenters. The lowest BCUT2D eigenvalue weighted by atomic mass is 10.0. The molecule has 3 nitrogen and oxygen atoms in total. The van der Waals surface area contributed by atoms with Crippen molar-refractivity contribution in [1.82, 2.24) is 5.32 Å². The van der Waals surface area contributed by atoms with Crippen LogP contribution < -0.4 is 5.32 Å². The van der Waals surface area contributed by atoms with E-state index in [-0.39, 0.29) is 18.4 Å². The number of amides is 1. The summed E-state index contributed by atoms with van der Waals surface area (Å²) in [5, 5.41) is 3.68. The van der Waals surface area contributed by atoms with Crippen LogP contribution in [0.5, 0.6) is 0 Å². The second kappa shape index (κ2) is 5.62. The smallest absolute Gasteiger partial charge is 0.407 e. The molecule has 1 N–H and O–H groups in total. The molecule has 1 aromatic carbocycles. The van der Waals surface area contributed by atoms with Crippen LogP contribution in [0.4, 0.5) is 4.79 Å². The summed E-state index contributed by atoms with van der Waals surface area (Å²) < 4.78 is 4.77. The highest BCUT2D eigenvalue weighted by Crippen LogP contribution is 2.32. The largest absolute Gasteiger partial charge is 0.449 e. The quantitative estimate of drug-likeness (QED) is 0.855. The number of carbonyl (C=O) groups is 1. The minimum Gasteiger partial charge on any atom is -0.449 e. The first-order valence-corrected chi connectivity index (χ1v) is 5.31. The van der Waals surface area contributed by atoms with Crippen molar-refractivity contribution in [2.75, 3.05) is 6.61 Å². The fourth-order valence-corrected chi connectivity index (χ4v) is 1.99. The van der Waals surface area contributed by atoms with Gasteiger partial charge in [-0.1, -0.05) is 35.3 Å². The number of ether oxygens (including phenoxy) is 1. The Kier molecular flexibility index (Phi) is 4.71. The Hall–Kier alpha value is -0.640. The van der Waals surface area contributed by atoms with Crippen LogP contribution in [-0.2, 0) is 4.74 Å². The Morgan fingerprint density at radius 1 is 1.38 bits per heavy atom. The summed E-state index contributed by atoms with van der Waals surface area (Å²) in [4.78, 5) is 11.0. The Morgan fingerprint density at radius 3 is 2.81 bits per heavy atom. The van der Waals surface area contributed by atoms with E-state index in [9.17, 15) is 4.79 Å². The summed E-state index contributed by atoms with van der Waals surface area (Å²) in [5.41, 5.74) is 0.834. The number of rotatable bonds is 1. The molecule has 1 heterocycles. The van der Waals surface area contributed by atoms with E-state index in [1.807, 2.05) is 12.1 Å². The number of hydrogen-bond acceptors (Lipinski definition) is 2. The first-order valence-electron chi connectivity index (χ1n) is 4.55. The maximum atomic E-state index is 11.0. The van der Waals surface area contributed by atoms with Gasteiger partial charge in [0.25, 0.3) is 0 Å². The van der Waals surface area contributed by atoms with Crippen molar-refractivity contribution in [2.24, 2.45) is 0 Å². The predicted octanol–water partition coefficient (Wildman–Crippen LogP) is 3.59. The lowest BCUT2D eigenvalue weighted by Gasteiger charge is -2.24. The molecule has 0 saturated carbocycles. The van der Waals surface area contributed by atoms with Crippen LogP contribution in [0.15, 0.2) is 18.2 Å². The summed E-state index contributed by atoms with van der Waals surface area (Å²) in [6, 6.07) is 5.27. The minimum absolute atomic E-state index is 0. The number of halogens is 3. The average molecular weight is 283 g/mol. The zero-order valence-electron chi connectivity index (χ0n) is 8.20. The number of nitrogens with one attached hydrogen (secondary N) is 1. The molecular weight excluding hydrogens is 272 g/mol. The SMILES string of the molecule is Cl.O=C1N[C@@H](c2cccc(Cl)c2Cl)CCO1. The van der Waals surface area contributed by atoms with Gasteiger partial charge in [-0.2, -0.15) is 0 Å². The van der Waals surface area contributed by atoms with Gasteiger partial charge >= 0.3 is 6.09 Å². The van der Waals surface area contributed by atoms with Crippen LogP contribution in [0.3, 0.4) is 0 Å². The molecule has 0 spiro atoms. The van der Waals surface area contributed by atoms with Gasteiger partial charge in [0, 0.05) is 6.42 Å². The fourth-order valence-electron chi connectivity index (χ4n) is 1.55. The molecule has 0 aromatic heterocycles. The molecule has 16 heavy (non-hydrogen) atoms. The molecule has 0 bridgehead atoms. The molecule has 0 radical (unpaired) electrons. The molecule has 1 atom stereocenters. The number of benzene rings is 1. The zero-order valence-corrected chi connectivity index (χ0v) is 10.5. The maximum absolute atomic E-state index is 11.0. The second-order valence-electron chi connectivity index (χ2n) is 3.26. The van der Waals surface area contributed by atoms with E-state index < -0.39 is 6.09 Å². The normalized spacial score (nSPS) is 19.4. The highest BCUT2D eigenvalue weighted by atomic mass is 35.5. The molecule has 6 heteroatoms. The Labute approximate surface area is 109 Å². The van der Waals surface area contributed by atoms with Crippen molar-refractivity contribution in [3.05, 3.63) is 33.8 Å². The third-order valence-corrected chi connectivity index (χ3v) is 3.12. The molecule has 2 rings (SSSR count). The average Bonchev–Trinajstić information content (AvgIpc) is 2.22. The Bertz CT molecular complexity index is 398. The summed E-state index contributed by atoms with van der Waals surface area (Å²) in [6.45, 7) is 0.402. The van der Waals surface area contributed by atoms with Crippen molar-refractivity contribution in [1.29, 1.82) is 0 Å². The summed E-state index contributed by atoms with van der Waals surface area (Å²) in [5.74, 6) is 0. The van der Waals surface area contributed by atoms with Crippen LogP contribution in [0.1, 0.15) is 18.0 Å². The van der Waals surface area contributed by atoms with Crippen LogP contribution in [-0.4, -0.2) is 12.7 Å². The topological polar surface area (TPSA) is 38.3 Å². The summed E-state index contributed by atoms with van der Waals surface area (Å²) in [7, 11) is 0. The van der Waals surface area contributed by atoms with Crippen molar-refractivity contribution >= 4 is 41.7 Å². The minimum atomic E-state index is -0.415. The molecule has 1 saturated heterocycles. The lowest BCUT2D eigenvalue weighted by molar-refractivity contribution is 0.115. The molecule has 1 amide bonds. The zero-order chi connectivity index (χ0) is 10.8. The van der Waals surface area contributed by atoms with E-state index in [0.29, 0.717) is 23.1 Å². The second-order valence-corrected chi connectivity index (χ2v) is 4.05. The van der Waals surface area contributed by atoms with E-state index in [4.69, 9.17) is 27.9 Å².